The van der Waals surface area contributed by atoms with Crippen molar-refractivity contribution in [1.29, 1.82) is 0 Å². The third-order valence-electron chi connectivity index (χ3n) is 5.49. The van der Waals surface area contributed by atoms with E-state index in [2.05, 4.69) is 11.8 Å². The minimum Gasteiger partial charge on any atom is -0.396 e. The van der Waals surface area contributed by atoms with Crippen LogP contribution < -0.4 is 5.73 Å². The molecule has 0 aromatic heterocycles. The minimum atomic E-state index is -0.481. The maximum absolute atomic E-state index is 12.4. The number of fused-ring (bicyclic) bond motifs is 1. The van der Waals surface area contributed by atoms with Crippen molar-refractivity contribution in [1.82, 2.24) is 4.90 Å². The second-order valence-electron chi connectivity index (χ2n) is 8.32. The number of hydrogen-bond donors (Lipinski definition) is 1. The Morgan fingerprint density at radius 1 is 1.11 bits per heavy atom. The van der Waals surface area contributed by atoms with Gasteiger partial charge in [-0.1, -0.05) is 50.1 Å². The molecule has 2 aliphatic rings. The highest BCUT2D eigenvalue weighted by molar-refractivity contribution is 6.00. The van der Waals surface area contributed by atoms with E-state index in [9.17, 15) is 9.59 Å². The lowest BCUT2D eigenvalue weighted by Gasteiger charge is -2.52. The molecule has 1 aliphatic carbocycles. The number of benzene rings is 2. The topological polar surface area (TPSA) is 63.4 Å². The van der Waals surface area contributed by atoms with Gasteiger partial charge in [0.1, 0.15) is 0 Å². The zero-order valence-corrected chi connectivity index (χ0v) is 15.6. The molecule has 1 amide bonds. The van der Waals surface area contributed by atoms with Crippen LogP contribution in [0.2, 0.25) is 0 Å². The molecule has 2 N–H and O–H groups in total. The van der Waals surface area contributed by atoms with E-state index in [-0.39, 0.29) is 17.1 Å². The van der Waals surface area contributed by atoms with Gasteiger partial charge in [0.15, 0.2) is 5.78 Å². The number of carbonyl (C=O) groups excluding carboxylic acids is 2. The second kappa shape index (κ2) is 5.99. The molecule has 2 aromatic carbocycles. The Hall–Kier alpha value is -3.06. The van der Waals surface area contributed by atoms with E-state index in [0.717, 1.165) is 16.3 Å². The van der Waals surface area contributed by atoms with Gasteiger partial charge in [-0.25, -0.2) is 0 Å². The van der Waals surface area contributed by atoms with Crippen molar-refractivity contribution in [3.05, 3.63) is 59.8 Å². The smallest absolute Gasteiger partial charge is 0.298 e. The second-order valence-corrected chi connectivity index (χ2v) is 8.32. The molecule has 1 fully saturated rings. The number of hydrogen-bond acceptors (Lipinski definition) is 3. The van der Waals surface area contributed by atoms with E-state index < -0.39 is 5.41 Å². The number of amides is 1. The van der Waals surface area contributed by atoms with Crippen LogP contribution in [0.4, 0.5) is 0 Å². The van der Waals surface area contributed by atoms with Crippen LogP contribution in [-0.2, 0) is 9.59 Å². The highest BCUT2D eigenvalue weighted by atomic mass is 16.2. The zero-order valence-electron chi connectivity index (χ0n) is 15.6. The molecule has 0 radical (unpaired) electrons. The van der Waals surface area contributed by atoms with Gasteiger partial charge in [0.2, 0.25) is 0 Å². The van der Waals surface area contributed by atoms with Crippen molar-refractivity contribution < 1.29 is 9.59 Å². The average Bonchev–Trinajstić information content (AvgIpc) is 2.61. The molecule has 1 heterocycles. The lowest BCUT2D eigenvalue weighted by molar-refractivity contribution is -0.139. The van der Waals surface area contributed by atoms with Crippen LogP contribution in [0.5, 0.6) is 0 Å². The minimum absolute atomic E-state index is 0.00556. The first kappa shape index (κ1) is 17.4. The number of rotatable bonds is 0. The molecule has 4 nitrogen and oxygen atoms in total. The highest BCUT2D eigenvalue weighted by Gasteiger charge is 2.51. The van der Waals surface area contributed by atoms with Crippen LogP contribution in [0, 0.1) is 22.7 Å². The van der Waals surface area contributed by atoms with E-state index >= 15 is 0 Å². The summed E-state index contributed by atoms with van der Waals surface area (Å²) in [6.45, 7) is 4.97. The average molecular weight is 358 g/mol. The molecule has 1 spiro atoms. The van der Waals surface area contributed by atoms with Gasteiger partial charge in [-0.3, -0.25) is 9.59 Å². The summed E-state index contributed by atoms with van der Waals surface area (Å²) in [5, 5.41) is 2.26. The number of nitrogens with two attached hydrogens (primary N) is 1. The number of allylic oxidation sites excluding steroid dienone is 1. The summed E-state index contributed by atoms with van der Waals surface area (Å²) in [6.07, 6.45) is 2.56. The Morgan fingerprint density at radius 2 is 1.81 bits per heavy atom. The summed E-state index contributed by atoms with van der Waals surface area (Å²) in [5.41, 5.74) is 6.39. The molecule has 4 heteroatoms. The molecule has 0 atom stereocenters. The van der Waals surface area contributed by atoms with Crippen LogP contribution >= 0.6 is 0 Å². The van der Waals surface area contributed by atoms with Crippen LogP contribution in [0.1, 0.15) is 25.8 Å². The van der Waals surface area contributed by atoms with Gasteiger partial charge in [0.05, 0.1) is 5.70 Å². The summed E-state index contributed by atoms with van der Waals surface area (Å²) in [4.78, 5) is 26.3. The van der Waals surface area contributed by atoms with Gasteiger partial charge in [0.25, 0.3) is 5.91 Å². The van der Waals surface area contributed by atoms with Crippen LogP contribution in [-0.4, -0.2) is 29.7 Å². The quantitative estimate of drug-likeness (QED) is 0.737. The fourth-order valence-electron chi connectivity index (χ4n) is 4.33. The molecule has 27 heavy (non-hydrogen) atoms. The maximum atomic E-state index is 12.4. The Morgan fingerprint density at radius 3 is 2.52 bits per heavy atom. The molecule has 4 rings (SSSR count). The Kier molecular flexibility index (Phi) is 3.85. The standard InChI is InChI=1S/C23H22N2O2/c1-22(2)13-23(12-19(24)21(22)27)14-25(15-23)20(26)10-8-16-7-9-17-5-3-4-6-18(17)11-16/h3-7,9,11-12H,13-15,24H2,1-2H3. The fraction of sp³-hybridized carbons (Fsp3) is 0.304. The summed E-state index contributed by atoms with van der Waals surface area (Å²) >= 11 is 0. The fourth-order valence-corrected chi connectivity index (χ4v) is 4.33. The number of Topliss-reactive ketones (excluding diaryl/α,β-unsaturated/α-hetero) is 1. The summed E-state index contributed by atoms with van der Waals surface area (Å²) in [7, 11) is 0. The molecule has 1 saturated heterocycles. The Bertz CT molecular complexity index is 1050. The lowest BCUT2D eigenvalue weighted by Crippen LogP contribution is -2.61. The first-order valence-electron chi connectivity index (χ1n) is 9.11. The van der Waals surface area contributed by atoms with Crippen molar-refractivity contribution in [3.8, 4) is 11.8 Å². The molecular weight excluding hydrogens is 336 g/mol. The van der Waals surface area contributed by atoms with E-state index in [1.807, 2.05) is 62.4 Å². The SMILES string of the molecule is CC1(C)CC2(C=C(N)C1=O)CN(C(=O)C#Cc1ccc3ccccc3c1)C2. The van der Waals surface area contributed by atoms with Crippen LogP contribution in [0.3, 0.4) is 0 Å². The molecule has 2 aromatic rings. The zero-order chi connectivity index (χ0) is 19.2. The number of ketones is 1. The Labute approximate surface area is 159 Å². The third-order valence-corrected chi connectivity index (χ3v) is 5.49. The monoisotopic (exact) mass is 358 g/mol. The maximum Gasteiger partial charge on any atom is 0.298 e. The Balaban J connectivity index is 1.47. The van der Waals surface area contributed by atoms with Crippen molar-refractivity contribution in [2.75, 3.05) is 13.1 Å². The summed E-state index contributed by atoms with van der Waals surface area (Å²) < 4.78 is 0. The van der Waals surface area contributed by atoms with E-state index in [1.54, 1.807) is 4.90 Å². The molecule has 0 bridgehead atoms. The normalized spacial score (nSPS) is 19.9. The molecule has 0 unspecified atom stereocenters. The van der Waals surface area contributed by atoms with Gasteiger partial charge in [-0.2, -0.15) is 0 Å². The van der Waals surface area contributed by atoms with Gasteiger partial charge < -0.3 is 10.6 Å². The van der Waals surface area contributed by atoms with E-state index in [1.165, 1.54) is 0 Å². The van der Waals surface area contributed by atoms with Crippen molar-refractivity contribution >= 4 is 22.5 Å². The van der Waals surface area contributed by atoms with Crippen LogP contribution in [0.15, 0.2) is 54.2 Å². The first-order valence-corrected chi connectivity index (χ1v) is 9.11. The predicted molar refractivity (Wildman–Crippen MR) is 106 cm³/mol. The van der Waals surface area contributed by atoms with Crippen molar-refractivity contribution in [2.45, 2.75) is 20.3 Å². The van der Waals surface area contributed by atoms with Gasteiger partial charge in [-0.05, 0) is 35.4 Å². The third kappa shape index (κ3) is 3.10. The molecule has 1 aliphatic heterocycles. The molecular formula is C23H22N2O2. The lowest BCUT2D eigenvalue weighted by atomic mass is 9.62. The van der Waals surface area contributed by atoms with E-state index in [4.69, 9.17) is 5.73 Å². The van der Waals surface area contributed by atoms with Gasteiger partial charge in [0, 0.05) is 35.4 Å². The molecule has 136 valence electrons. The predicted octanol–water partition coefficient (Wildman–Crippen LogP) is 2.86. The largest absolute Gasteiger partial charge is 0.396 e. The summed E-state index contributed by atoms with van der Waals surface area (Å²) in [6, 6.07) is 14.0. The molecule has 0 saturated carbocycles. The van der Waals surface area contributed by atoms with Crippen molar-refractivity contribution in [2.24, 2.45) is 16.6 Å². The van der Waals surface area contributed by atoms with Crippen molar-refractivity contribution in [3.63, 3.8) is 0 Å². The van der Waals surface area contributed by atoms with Gasteiger partial charge >= 0.3 is 0 Å². The summed E-state index contributed by atoms with van der Waals surface area (Å²) in [5.74, 6) is 5.53. The van der Waals surface area contributed by atoms with E-state index in [0.29, 0.717) is 25.2 Å². The first-order chi connectivity index (χ1) is 12.8. The number of carbonyl (C=O) groups is 2. The number of likely N-dealkylation sites (tertiary alicyclic amines) is 1. The number of nitrogens with zero attached hydrogens (tertiary/aromatic N) is 1. The van der Waals surface area contributed by atoms with Gasteiger partial charge in [-0.15, -0.1) is 0 Å². The van der Waals surface area contributed by atoms with Crippen LogP contribution in [0.25, 0.3) is 10.8 Å². The highest BCUT2D eigenvalue weighted by Crippen LogP contribution is 2.47.